The number of aromatic nitrogens is 1. The smallest absolute Gasteiger partial charge is 0.0788 e. The van der Waals surface area contributed by atoms with Gasteiger partial charge in [0.25, 0.3) is 0 Å². The Balaban J connectivity index is 1.80. The number of benzene rings is 5. The van der Waals surface area contributed by atoms with Crippen molar-refractivity contribution in [2.75, 3.05) is 0 Å². The highest BCUT2D eigenvalue weighted by molar-refractivity contribution is 6.22. The lowest BCUT2D eigenvalue weighted by atomic mass is 9.94. The van der Waals surface area contributed by atoms with Crippen LogP contribution in [0.4, 0.5) is 0 Å². The highest BCUT2D eigenvalue weighted by Gasteiger charge is 2.13. The van der Waals surface area contributed by atoms with E-state index in [-0.39, 0.29) is 0 Å². The summed E-state index contributed by atoms with van der Waals surface area (Å²) in [5.41, 5.74) is 4.52. The van der Waals surface area contributed by atoms with E-state index in [1.165, 1.54) is 43.3 Å². The van der Waals surface area contributed by atoms with Gasteiger partial charge in [-0.15, -0.1) is 0 Å². The van der Waals surface area contributed by atoms with Crippen molar-refractivity contribution in [1.29, 1.82) is 0 Å². The molecule has 1 nitrogen and oxygen atoms in total. The van der Waals surface area contributed by atoms with Gasteiger partial charge in [-0.25, -0.2) is 4.98 Å². The second-order valence-electron chi connectivity index (χ2n) is 7.75. The van der Waals surface area contributed by atoms with Crippen LogP contribution >= 0.6 is 0 Å². The van der Waals surface area contributed by atoms with Gasteiger partial charge in [-0.05, 0) is 40.6 Å². The van der Waals surface area contributed by atoms with E-state index < -0.39 is 0 Å². The average Bonchev–Trinajstić information content (AvgIpc) is 2.77. The van der Waals surface area contributed by atoms with Gasteiger partial charge < -0.3 is 0 Å². The molecule has 6 rings (SSSR count). The highest BCUT2D eigenvalue weighted by atomic mass is 14.7. The number of para-hydroxylation sites is 1. The van der Waals surface area contributed by atoms with Crippen LogP contribution in [0.15, 0.2) is 97.1 Å². The fraction of sp³-hybridized carbons (Fsp3) is 0.0357. The first-order valence-corrected chi connectivity index (χ1v) is 9.99. The standard InChI is InChI=1S/C28H19N/c1-18-10-11-20-14-15-24-27(25(20)16-18)23-8-4-5-9-26(23)29-28(24)22-13-12-19-6-2-3-7-21(19)17-22/h2-17H,1H3. The third-order valence-corrected chi connectivity index (χ3v) is 5.86. The minimum absolute atomic E-state index is 1.04. The summed E-state index contributed by atoms with van der Waals surface area (Å²) in [5, 5.41) is 8.76. The predicted octanol–water partition coefficient (Wildman–Crippen LogP) is 7.67. The first-order chi connectivity index (χ1) is 14.3. The maximum Gasteiger partial charge on any atom is 0.0788 e. The minimum Gasteiger partial charge on any atom is -0.247 e. The first-order valence-electron chi connectivity index (χ1n) is 9.99. The molecule has 0 fully saturated rings. The molecule has 0 aliphatic carbocycles. The highest BCUT2D eigenvalue weighted by Crippen LogP contribution is 2.37. The Labute approximate surface area is 169 Å². The molecule has 0 amide bonds. The van der Waals surface area contributed by atoms with Crippen molar-refractivity contribution < 1.29 is 0 Å². The monoisotopic (exact) mass is 369 g/mol. The lowest BCUT2D eigenvalue weighted by Gasteiger charge is -2.13. The van der Waals surface area contributed by atoms with Gasteiger partial charge in [0.05, 0.1) is 11.2 Å². The molecule has 0 radical (unpaired) electrons. The van der Waals surface area contributed by atoms with E-state index in [1.54, 1.807) is 0 Å². The Morgan fingerprint density at radius 3 is 2.24 bits per heavy atom. The van der Waals surface area contributed by atoms with Gasteiger partial charge >= 0.3 is 0 Å². The van der Waals surface area contributed by atoms with Crippen molar-refractivity contribution in [3.8, 4) is 11.3 Å². The molecule has 0 bridgehead atoms. The molecular weight excluding hydrogens is 350 g/mol. The van der Waals surface area contributed by atoms with Crippen LogP contribution in [0.3, 0.4) is 0 Å². The molecule has 0 aliphatic rings. The van der Waals surface area contributed by atoms with Crippen LogP contribution in [0, 0.1) is 6.92 Å². The summed E-state index contributed by atoms with van der Waals surface area (Å²) in [6, 6.07) is 34.8. The SMILES string of the molecule is Cc1ccc2ccc3c(-c4ccc5ccccc5c4)nc4ccccc4c3c2c1. The van der Waals surface area contributed by atoms with E-state index in [1.807, 2.05) is 0 Å². The molecule has 6 aromatic rings. The van der Waals surface area contributed by atoms with E-state index in [0.29, 0.717) is 0 Å². The van der Waals surface area contributed by atoms with Crippen LogP contribution in [0.25, 0.3) is 54.5 Å². The van der Waals surface area contributed by atoms with Gasteiger partial charge in [-0.2, -0.15) is 0 Å². The van der Waals surface area contributed by atoms with Crippen molar-refractivity contribution in [3.05, 3.63) is 103 Å². The Morgan fingerprint density at radius 2 is 1.31 bits per heavy atom. The van der Waals surface area contributed by atoms with E-state index in [4.69, 9.17) is 4.98 Å². The summed E-state index contributed by atoms with van der Waals surface area (Å²) in [5.74, 6) is 0. The third-order valence-electron chi connectivity index (χ3n) is 5.86. The molecule has 1 aromatic heterocycles. The van der Waals surface area contributed by atoms with Crippen LogP contribution in [-0.2, 0) is 0 Å². The molecule has 0 aliphatic heterocycles. The molecule has 0 saturated carbocycles. The van der Waals surface area contributed by atoms with Crippen molar-refractivity contribution >= 4 is 43.2 Å². The fourth-order valence-corrected chi connectivity index (χ4v) is 4.44. The molecule has 0 unspecified atom stereocenters. The van der Waals surface area contributed by atoms with Crippen LogP contribution in [-0.4, -0.2) is 4.98 Å². The van der Waals surface area contributed by atoms with Gasteiger partial charge in [0.15, 0.2) is 0 Å². The molecule has 5 aromatic carbocycles. The fourth-order valence-electron chi connectivity index (χ4n) is 4.44. The Morgan fingerprint density at radius 1 is 0.552 bits per heavy atom. The number of fused-ring (bicyclic) bond motifs is 6. The maximum atomic E-state index is 5.11. The average molecular weight is 369 g/mol. The van der Waals surface area contributed by atoms with Gasteiger partial charge in [0.2, 0.25) is 0 Å². The predicted molar refractivity (Wildman–Crippen MR) is 124 cm³/mol. The van der Waals surface area contributed by atoms with Crippen LogP contribution in [0.2, 0.25) is 0 Å². The van der Waals surface area contributed by atoms with Crippen molar-refractivity contribution in [1.82, 2.24) is 4.98 Å². The number of hydrogen-bond acceptors (Lipinski definition) is 1. The largest absolute Gasteiger partial charge is 0.247 e. The quantitative estimate of drug-likeness (QED) is 0.271. The number of pyridine rings is 1. The topological polar surface area (TPSA) is 12.9 Å². The first kappa shape index (κ1) is 16.3. The number of hydrogen-bond donors (Lipinski definition) is 0. The van der Waals surface area contributed by atoms with Crippen LogP contribution in [0.5, 0.6) is 0 Å². The van der Waals surface area contributed by atoms with E-state index in [9.17, 15) is 0 Å². The van der Waals surface area contributed by atoms with Crippen LogP contribution < -0.4 is 0 Å². The maximum absolute atomic E-state index is 5.11. The molecular formula is C28H19N. The summed E-state index contributed by atoms with van der Waals surface area (Å²) in [7, 11) is 0. The zero-order valence-corrected chi connectivity index (χ0v) is 16.2. The summed E-state index contributed by atoms with van der Waals surface area (Å²) < 4.78 is 0. The van der Waals surface area contributed by atoms with E-state index >= 15 is 0 Å². The van der Waals surface area contributed by atoms with Crippen molar-refractivity contribution in [2.45, 2.75) is 6.92 Å². The van der Waals surface area contributed by atoms with Gasteiger partial charge in [0.1, 0.15) is 0 Å². The van der Waals surface area contributed by atoms with Gasteiger partial charge in [0, 0.05) is 21.7 Å². The Bertz CT molecular complexity index is 1560. The second kappa shape index (κ2) is 6.15. The molecule has 0 spiro atoms. The third kappa shape index (κ3) is 2.51. The van der Waals surface area contributed by atoms with Gasteiger partial charge in [-0.1, -0.05) is 90.5 Å². The molecule has 0 atom stereocenters. The summed E-state index contributed by atoms with van der Waals surface area (Å²) in [6.45, 7) is 2.16. The van der Waals surface area contributed by atoms with Crippen LogP contribution in [0.1, 0.15) is 5.56 Å². The molecule has 1 heteroatoms. The number of rotatable bonds is 1. The normalized spacial score (nSPS) is 11.6. The molecule has 0 N–H and O–H groups in total. The Hall–Kier alpha value is -3.71. The molecule has 1 heterocycles. The summed E-state index contributed by atoms with van der Waals surface area (Å²) >= 11 is 0. The zero-order valence-electron chi connectivity index (χ0n) is 16.2. The zero-order chi connectivity index (χ0) is 19.4. The minimum atomic E-state index is 1.04. The molecule has 0 saturated heterocycles. The second-order valence-corrected chi connectivity index (χ2v) is 7.75. The lowest BCUT2D eigenvalue weighted by molar-refractivity contribution is 1.43. The van der Waals surface area contributed by atoms with Crippen molar-refractivity contribution in [2.24, 2.45) is 0 Å². The lowest BCUT2D eigenvalue weighted by Crippen LogP contribution is -1.91. The van der Waals surface area contributed by atoms with Gasteiger partial charge in [-0.3, -0.25) is 0 Å². The molecule has 29 heavy (non-hydrogen) atoms. The summed E-state index contributed by atoms with van der Waals surface area (Å²) in [4.78, 5) is 5.11. The van der Waals surface area contributed by atoms with Crippen molar-refractivity contribution in [3.63, 3.8) is 0 Å². The van der Waals surface area contributed by atoms with E-state index in [0.717, 1.165) is 16.8 Å². The summed E-state index contributed by atoms with van der Waals surface area (Å²) in [6.07, 6.45) is 0. The number of nitrogens with zero attached hydrogens (tertiary/aromatic N) is 1. The Kier molecular flexibility index (Phi) is 3.45. The number of aryl methyl sites for hydroxylation is 1. The van der Waals surface area contributed by atoms with E-state index in [2.05, 4.69) is 104 Å². The molecule has 136 valence electrons.